The van der Waals surface area contributed by atoms with Crippen molar-refractivity contribution in [3.8, 4) is 10.6 Å². The smallest absolute Gasteiger partial charge is 0.273 e. The molecule has 0 saturated carbocycles. The van der Waals surface area contributed by atoms with Crippen molar-refractivity contribution in [2.45, 2.75) is 26.3 Å². The van der Waals surface area contributed by atoms with E-state index in [1.165, 1.54) is 28.5 Å². The summed E-state index contributed by atoms with van der Waals surface area (Å²) in [5, 5.41) is 1.67. The first-order valence-electron chi connectivity index (χ1n) is 7.72. The van der Waals surface area contributed by atoms with Gasteiger partial charge < -0.3 is 10.6 Å². The number of thiazole rings is 1. The lowest BCUT2D eigenvalue weighted by atomic mass is 10.0. The molecule has 7 heteroatoms. The standard InChI is InChI=1S/C17H21F2N3OS/c1-10(2)13(20)7-8-22(3)17(23)14-9-24-16(21-14)15-11(18)5-4-6-12(15)19/h4-6,9-10,13H,7-8,20H2,1-3H3. The molecule has 130 valence electrons. The molecule has 0 aliphatic carbocycles. The maximum Gasteiger partial charge on any atom is 0.273 e. The average molecular weight is 353 g/mol. The molecule has 0 saturated heterocycles. The van der Waals surface area contributed by atoms with Crippen molar-refractivity contribution in [2.24, 2.45) is 11.7 Å². The molecule has 0 radical (unpaired) electrons. The summed E-state index contributed by atoms with van der Waals surface area (Å²) in [4.78, 5) is 18.0. The van der Waals surface area contributed by atoms with Crippen LogP contribution in [0.25, 0.3) is 10.6 Å². The fourth-order valence-electron chi connectivity index (χ4n) is 2.16. The number of nitrogens with two attached hydrogens (primary N) is 1. The molecule has 2 rings (SSSR count). The second-order valence-corrected chi connectivity index (χ2v) is 6.92. The first kappa shape index (κ1) is 18.5. The van der Waals surface area contributed by atoms with Crippen molar-refractivity contribution in [3.63, 3.8) is 0 Å². The number of nitrogens with zero attached hydrogens (tertiary/aromatic N) is 2. The fourth-order valence-corrected chi connectivity index (χ4v) is 3.00. The fraction of sp³-hybridized carbons (Fsp3) is 0.412. The zero-order valence-corrected chi connectivity index (χ0v) is 14.7. The van der Waals surface area contributed by atoms with Gasteiger partial charge in [-0.3, -0.25) is 4.79 Å². The van der Waals surface area contributed by atoms with E-state index in [9.17, 15) is 13.6 Å². The van der Waals surface area contributed by atoms with Crippen LogP contribution >= 0.6 is 11.3 Å². The quantitative estimate of drug-likeness (QED) is 0.864. The Morgan fingerprint density at radius 1 is 1.33 bits per heavy atom. The molecule has 2 N–H and O–H groups in total. The SMILES string of the molecule is CC(C)C(N)CCN(C)C(=O)c1csc(-c2c(F)cccc2F)n1. The van der Waals surface area contributed by atoms with Gasteiger partial charge in [0, 0.05) is 25.0 Å². The summed E-state index contributed by atoms with van der Waals surface area (Å²) < 4.78 is 27.6. The first-order valence-corrected chi connectivity index (χ1v) is 8.60. The van der Waals surface area contributed by atoms with Gasteiger partial charge in [-0.15, -0.1) is 11.3 Å². The van der Waals surface area contributed by atoms with Crippen LogP contribution < -0.4 is 5.73 Å². The molecule has 2 aromatic rings. The van der Waals surface area contributed by atoms with Crippen molar-refractivity contribution in [2.75, 3.05) is 13.6 Å². The number of amides is 1. The molecule has 1 unspecified atom stereocenters. The Hall–Kier alpha value is -1.86. The monoisotopic (exact) mass is 353 g/mol. The van der Waals surface area contributed by atoms with E-state index in [2.05, 4.69) is 4.98 Å². The maximum absolute atomic E-state index is 13.8. The maximum atomic E-state index is 13.8. The van der Waals surface area contributed by atoms with Crippen LogP contribution in [0.1, 0.15) is 30.8 Å². The molecule has 4 nitrogen and oxygen atoms in total. The van der Waals surface area contributed by atoms with Crippen LogP contribution in [0.15, 0.2) is 23.6 Å². The Balaban J connectivity index is 2.11. The van der Waals surface area contributed by atoms with Crippen molar-refractivity contribution in [1.29, 1.82) is 0 Å². The lowest BCUT2D eigenvalue weighted by Gasteiger charge is -2.20. The molecule has 24 heavy (non-hydrogen) atoms. The van der Waals surface area contributed by atoms with Crippen LogP contribution in [0.2, 0.25) is 0 Å². The number of hydrogen-bond acceptors (Lipinski definition) is 4. The van der Waals surface area contributed by atoms with Crippen LogP contribution in [0.5, 0.6) is 0 Å². The lowest BCUT2D eigenvalue weighted by molar-refractivity contribution is 0.0784. The van der Waals surface area contributed by atoms with Gasteiger partial charge in [-0.05, 0) is 24.5 Å². The van der Waals surface area contributed by atoms with Crippen LogP contribution in [0.4, 0.5) is 8.78 Å². The Morgan fingerprint density at radius 2 is 1.96 bits per heavy atom. The van der Waals surface area contributed by atoms with Gasteiger partial charge in [0.25, 0.3) is 5.91 Å². The summed E-state index contributed by atoms with van der Waals surface area (Å²) in [6, 6.07) is 3.64. The molecule has 0 aliphatic heterocycles. The number of rotatable bonds is 6. The normalized spacial score (nSPS) is 12.5. The van der Waals surface area contributed by atoms with E-state index in [4.69, 9.17) is 5.73 Å². The highest BCUT2D eigenvalue weighted by atomic mass is 32.1. The van der Waals surface area contributed by atoms with Gasteiger partial charge >= 0.3 is 0 Å². The zero-order chi connectivity index (χ0) is 17.9. The molecule has 1 aromatic heterocycles. The topological polar surface area (TPSA) is 59.2 Å². The largest absolute Gasteiger partial charge is 0.340 e. The van der Waals surface area contributed by atoms with Crippen LogP contribution in [0.3, 0.4) is 0 Å². The van der Waals surface area contributed by atoms with Crippen LogP contribution in [-0.4, -0.2) is 35.4 Å². The highest BCUT2D eigenvalue weighted by Crippen LogP contribution is 2.29. The summed E-state index contributed by atoms with van der Waals surface area (Å²) in [6.45, 7) is 4.56. The van der Waals surface area contributed by atoms with Gasteiger partial charge in [-0.1, -0.05) is 19.9 Å². The zero-order valence-electron chi connectivity index (χ0n) is 13.9. The highest BCUT2D eigenvalue weighted by molar-refractivity contribution is 7.13. The van der Waals surface area contributed by atoms with E-state index in [-0.39, 0.29) is 28.2 Å². The number of carbonyl (C=O) groups excluding carboxylic acids is 1. The molecule has 1 aromatic carbocycles. The lowest BCUT2D eigenvalue weighted by Crippen LogP contribution is -2.34. The molecule has 0 bridgehead atoms. The van der Waals surface area contributed by atoms with E-state index >= 15 is 0 Å². The summed E-state index contributed by atoms with van der Waals surface area (Å²) >= 11 is 1.04. The summed E-state index contributed by atoms with van der Waals surface area (Å²) in [7, 11) is 1.66. The van der Waals surface area contributed by atoms with E-state index < -0.39 is 11.6 Å². The third kappa shape index (κ3) is 4.15. The molecule has 1 amide bonds. The number of benzene rings is 1. The predicted molar refractivity (Wildman–Crippen MR) is 91.9 cm³/mol. The Kier molecular flexibility index (Phi) is 6.01. The number of hydrogen-bond donors (Lipinski definition) is 1. The van der Waals surface area contributed by atoms with Gasteiger partial charge in [-0.2, -0.15) is 0 Å². The number of halogens is 2. The molecule has 1 atom stereocenters. The van der Waals surface area contributed by atoms with Crippen molar-refractivity contribution >= 4 is 17.2 Å². The van der Waals surface area contributed by atoms with Crippen molar-refractivity contribution in [1.82, 2.24) is 9.88 Å². The molecular formula is C17H21F2N3OS. The minimum atomic E-state index is -0.695. The number of carbonyl (C=O) groups is 1. The second-order valence-electron chi connectivity index (χ2n) is 6.06. The van der Waals surface area contributed by atoms with Crippen molar-refractivity contribution < 1.29 is 13.6 Å². The third-order valence-corrected chi connectivity index (χ3v) is 4.76. The van der Waals surface area contributed by atoms with Gasteiger partial charge in [-0.25, -0.2) is 13.8 Å². The highest BCUT2D eigenvalue weighted by Gasteiger charge is 2.20. The van der Waals surface area contributed by atoms with Crippen molar-refractivity contribution in [3.05, 3.63) is 40.9 Å². The summed E-state index contributed by atoms with van der Waals surface area (Å²) in [5.41, 5.74) is 5.96. The summed E-state index contributed by atoms with van der Waals surface area (Å²) in [5.74, 6) is -1.34. The van der Waals surface area contributed by atoms with E-state index in [1.807, 2.05) is 13.8 Å². The molecule has 0 aliphatic rings. The van der Waals surface area contributed by atoms with E-state index in [0.29, 0.717) is 18.9 Å². The Bertz CT molecular complexity index is 697. The Morgan fingerprint density at radius 3 is 2.54 bits per heavy atom. The number of aromatic nitrogens is 1. The van der Waals surface area contributed by atoms with Crippen LogP contribution in [0, 0.1) is 17.6 Å². The summed E-state index contributed by atoms with van der Waals surface area (Å²) in [6.07, 6.45) is 0.679. The molecular weight excluding hydrogens is 332 g/mol. The Labute approximate surface area is 144 Å². The van der Waals surface area contributed by atoms with Gasteiger partial charge in [0.2, 0.25) is 0 Å². The van der Waals surface area contributed by atoms with E-state index in [0.717, 1.165) is 11.3 Å². The second kappa shape index (κ2) is 7.81. The average Bonchev–Trinajstić information content (AvgIpc) is 3.00. The third-order valence-electron chi connectivity index (χ3n) is 3.90. The van der Waals surface area contributed by atoms with Gasteiger partial charge in [0.05, 0.1) is 5.56 Å². The van der Waals surface area contributed by atoms with E-state index in [1.54, 1.807) is 7.05 Å². The van der Waals surface area contributed by atoms with Gasteiger partial charge in [0.1, 0.15) is 22.3 Å². The molecule has 0 fully saturated rings. The first-order chi connectivity index (χ1) is 11.3. The van der Waals surface area contributed by atoms with Gasteiger partial charge in [0.15, 0.2) is 0 Å². The minimum absolute atomic E-state index is 0.0127. The molecule has 1 heterocycles. The minimum Gasteiger partial charge on any atom is -0.340 e. The predicted octanol–water partition coefficient (Wildman–Crippen LogP) is 3.53. The van der Waals surface area contributed by atoms with Crippen LogP contribution in [-0.2, 0) is 0 Å². The molecule has 0 spiro atoms.